The van der Waals surface area contributed by atoms with Crippen molar-refractivity contribution in [2.75, 3.05) is 6.61 Å². The minimum absolute atomic E-state index is 0.595. The van der Waals surface area contributed by atoms with Crippen molar-refractivity contribution >= 4 is 0 Å². The van der Waals surface area contributed by atoms with Gasteiger partial charge in [-0.15, -0.1) is 0 Å². The van der Waals surface area contributed by atoms with E-state index in [9.17, 15) is 9.50 Å². The number of rotatable bonds is 2. The van der Waals surface area contributed by atoms with E-state index < -0.39 is 37.3 Å². The van der Waals surface area contributed by atoms with Crippen LogP contribution in [0.4, 0.5) is 4.39 Å². The lowest BCUT2D eigenvalue weighted by atomic mass is 10.00. The van der Waals surface area contributed by atoms with Gasteiger partial charge in [0.15, 0.2) is 12.4 Å². The Bertz CT molecular complexity index is 245. The number of halogens is 1. The maximum absolute atomic E-state index is 13.1. The summed E-state index contributed by atoms with van der Waals surface area (Å²) in [6.07, 6.45) is -7.91. The van der Waals surface area contributed by atoms with Crippen LogP contribution in [0.25, 0.3) is 10.4 Å². The van der Waals surface area contributed by atoms with Crippen molar-refractivity contribution in [2.24, 2.45) is 5.11 Å². The third kappa shape index (κ3) is 1.94. The van der Waals surface area contributed by atoms with Gasteiger partial charge in [-0.05, 0) is 5.53 Å². The highest BCUT2D eigenvalue weighted by molar-refractivity contribution is 4.91. The van der Waals surface area contributed by atoms with E-state index in [-0.39, 0.29) is 0 Å². The van der Waals surface area contributed by atoms with E-state index in [1.54, 1.807) is 0 Å². The van der Waals surface area contributed by atoms with Crippen molar-refractivity contribution in [2.45, 2.75) is 30.7 Å². The number of alkyl halides is 1. The lowest BCUT2D eigenvalue weighted by Crippen LogP contribution is -2.56. The minimum Gasteiger partial charge on any atom is -0.394 e. The second-order valence-corrected chi connectivity index (χ2v) is 2.88. The van der Waals surface area contributed by atoms with Crippen LogP contribution >= 0.6 is 0 Å². The molecule has 0 radical (unpaired) electrons. The molecule has 1 heterocycles. The summed E-state index contributed by atoms with van der Waals surface area (Å²) in [7, 11) is 0. The maximum atomic E-state index is 13.1. The first-order valence-corrected chi connectivity index (χ1v) is 3.92. The van der Waals surface area contributed by atoms with Crippen LogP contribution in [0, 0.1) is 0 Å². The molecule has 1 aliphatic heterocycles. The third-order valence-corrected chi connectivity index (χ3v) is 1.99. The van der Waals surface area contributed by atoms with E-state index in [2.05, 4.69) is 10.0 Å². The summed E-state index contributed by atoms with van der Waals surface area (Å²) < 4.78 is 17.8. The molecule has 7 nitrogen and oxygen atoms in total. The van der Waals surface area contributed by atoms with Gasteiger partial charge < -0.3 is 20.1 Å². The van der Waals surface area contributed by atoms with Crippen molar-refractivity contribution in [3.8, 4) is 0 Å². The first-order valence-electron chi connectivity index (χ1n) is 3.92. The fourth-order valence-electron chi connectivity index (χ4n) is 1.20. The number of azide groups is 1. The first-order chi connectivity index (χ1) is 6.61. The molecule has 1 aliphatic rings. The molecule has 0 spiro atoms. The molecule has 0 aromatic heterocycles. The highest BCUT2D eigenvalue weighted by Gasteiger charge is 2.44. The fourth-order valence-corrected chi connectivity index (χ4v) is 1.20. The molecule has 0 unspecified atom stereocenters. The van der Waals surface area contributed by atoms with Gasteiger partial charge in [0.25, 0.3) is 0 Å². The molecule has 8 heteroatoms. The number of hydrogen-bond donors (Lipinski definition) is 3. The predicted octanol–water partition coefficient (Wildman–Crippen LogP) is -0.926. The summed E-state index contributed by atoms with van der Waals surface area (Å²) in [5.74, 6) is 0. The largest absolute Gasteiger partial charge is 0.394 e. The van der Waals surface area contributed by atoms with Crippen LogP contribution < -0.4 is 0 Å². The summed E-state index contributed by atoms with van der Waals surface area (Å²) in [6.45, 7) is -0.595. The van der Waals surface area contributed by atoms with E-state index in [4.69, 9.17) is 20.5 Å². The summed E-state index contributed by atoms with van der Waals surface area (Å²) in [5.41, 5.74) is 8.05. The second kappa shape index (κ2) is 4.54. The van der Waals surface area contributed by atoms with Crippen molar-refractivity contribution in [3.05, 3.63) is 10.4 Å². The fraction of sp³-hybridized carbons (Fsp3) is 1.00. The Hall–Kier alpha value is -0.920. The van der Waals surface area contributed by atoms with Crippen LogP contribution in [0.5, 0.6) is 0 Å². The number of hydrogen-bond acceptors (Lipinski definition) is 5. The van der Waals surface area contributed by atoms with Crippen molar-refractivity contribution in [3.63, 3.8) is 0 Å². The summed E-state index contributed by atoms with van der Waals surface area (Å²) in [4.78, 5) is 2.32. The molecule has 0 aromatic rings. The van der Waals surface area contributed by atoms with Gasteiger partial charge in [-0.25, -0.2) is 4.39 Å². The minimum atomic E-state index is -2.00. The first kappa shape index (κ1) is 11.2. The highest BCUT2D eigenvalue weighted by Crippen LogP contribution is 2.24. The number of ether oxygens (including phenoxy) is 1. The molecule has 0 aliphatic carbocycles. The molecule has 3 N–H and O–H groups in total. The number of aliphatic hydroxyl groups is 3. The monoisotopic (exact) mass is 207 g/mol. The van der Waals surface area contributed by atoms with Gasteiger partial charge in [0, 0.05) is 4.91 Å². The van der Waals surface area contributed by atoms with E-state index in [1.807, 2.05) is 0 Å². The van der Waals surface area contributed by atoms with Gasteiger partial charge in [0.1, 0.15) is 18.3 Å². The maximum Gasteiger partial charge on any atom is 0.170 e. The van der Waals surface area contributed by atoms with Crippen LogP contribution in [-0.4, -0.2) is 52.6 Å². The van der Waals surface area contributed by atoms with E-state index in [1.165, 1.54) is 0 Å². The lowest BCUT2D eigenvalue weighted by Gasteiger charge is -2.36. The predicted molar refractivity (Wildman–Crippen MR) is 41.8 cm³/mol. The molecular weight excluding hydrogens is 197 g/mol. The highest BCUT2D eigenvalue weighted by atomic mass is 19.1. The van der Waals surface area contributed by atoms with Gasteiger partial charge >= 0.3 is 0 Å². The van der Waals surface area contributed by atoms with E-state index >= 15 is 0 Å². The SMILES string of the molecule is [N-]=[N+]=N[C@@H]1O[C@H](CO)[C@H](O)[C@H](O)[C@H]1F. The zero-order chi connectivity index (χ0) is 10.7. The smallest absolute Gasteiger partial charge is 0.170 e. The second-order valence-electron chi connectivity index (χ2n) is 2.88. The van der Waals surface area contributed by atoms with Crippen molar-refractivity contribution in [1.82, 2.24) is 0 Å². The van der Waals surface area contributed by atoms with Crippen LogP contribution in [0.1, 0.15) is 0 Å². The van der Waals surface area contributed by atoms with Gasteiger partial charge in [0.05, 0.1) is 6.61 Å². The van der Waals surface area contributed by atoms with Gasteiger partial charge in [-0.1, -0.05) is 5.11 Å². The zero-order valence-electron chi connectivity index (χ0n) is 7.06. The normalized spacial score (nSPS) is 43.0. The van der Waals surface area contributed by atoms with Gasteiger partial charge in [-0.2, -0.15) is 0 Å². The standard InChI is InChI=1S/C6H10FN3O4/c7-3-5(13)4(12)2(1-11)14-6(3)9-10-8/h2-6,11-13H,1H2/t2-,3-,4+,5-,6-/m1/s1. The average molecular weight is 207 g/mol. The van der Waals surface area contributed by atoms with Gasteiger partial charge in [0.2, 0.25) is 0 Å². The third-order valence-electron chi connectivity index (χ3n) is 1.99. The van der Waals surface area contributed by atoms with Gasteiger partial charge in [-0.3, -0.25) is 0 Å². The molecule has 1 rings (SSSR count). The molecule has 1 saturated heterocycles. The van der Waals surface area contributed by atoms with Crippen LogP contribution in [0.3, 0.4) is 0 Å². The van der Waals surface area contributed by atoms with Crippen molar-refractivity contribution in [1.29, 1.82) is 0 Å². The van der Waals surface area contributed by atoms with E-state index in [0.29, 0.717) is 0 Å². The number of nitrogens with zero attached hydrogens (tertiary/aromatic N) is 3. The Kier molecular flexibility index (Phi) is 3.62. The summed E-state index contributed by atoms with van der Waals surface area (Å²) in [5, 5.41) is 30.0. The molecule has 0 saturated carbocycles. The molecule has 14 heavy (non-hydrogen) atoms. The van der Waals surface area contributed by atoms with Crippen molar-refractivity contribution < 1.29 is 24.4 Å². The molecule has 0 aromatic carbocycles. The Morgan fingerprint density at radius 2 is 2.07 bits per heavy atom. The lowest BCUT2D eigenvalue weighted by molar-refractivity contribution is -0.210. The van der Waals surface area contributed by atoms with E-state index in [0.717, 1.165) is 0 Å². The van der Waals surface area contributed by atoms with Crippen LogP contribution in [-0.2, 0) is 4.74 Å². The Morgan fingerprint density at radius 3 is 2.57 bits per heavy atom. The summed E-state index contributed by atoms with van der Waals surface area (Å²) in [6, 6.07) is 0. The number of aliphatic hydroxyl groups excluding tert-OH is 3. The molecule has 80 valence electrons. The Morgan fingerprint density at radius 1 is 1.43 bits per heavy atom. The summed E-state index contributed by atoms with van der Waals surface area (Å²) >= 11 is 0. The average Bonchev–Trinajstić information content (AvgIpc) is 2.19. The van der Waals surface area contributed by atoms with Crippen LogP contribution in [0.15, 0.2) is 5.11 Å². The molecule has 5 atom stereocenters. The molecular formula is C6H10FN3O4. The quantitative estimate of drug-likeness (QED) is 0.308. The Balaban J connectivity index is 2.77. The Labute approximate surface area is 78.4 Å². The zero-order valence-corrected chi connectivity index (χ0v) is 7.06. The molecule has 0 amide bonds. The topological polar surface area (TPSA) is 119 Å². The molecule has 1 fully saturated rings. The van der Waals surface area contributed by atoms with Crippen LogP contribution in [0.2, 0.25) is 0 Å². The molecule has 0 bridgehead atoms.